The van der Waals surface area contributed by atoms with Crippen LogP contribution in [0.5, 0.6) is 0 Å². The second kappa shape index (κ2) is 8.05. The van der Waals surface area contributed by atoms with Crippen molar-refractivity contribution in [1.29, 1.82) is 0 Å². The monoisotopic (exact) mass is 418 g/mol. The molecule has 0 radical (unpaired) electrons. The Balaban J connectivity index is 2.24. The molecule has 3 aromatic rings. The topological polar surface area (TPSA) is 72.2 Å². The number of benzene rings is 1. The van der Waals surface area contributed by atoms with Crippen LogP contribution in [0.15, 0.2) is 23.0 Å². The fourth-order valence-corrected chi connectivity index (χ4v) is 4.56. The van der Waals surface area contributed by atoms with Crippen molar-refractivity contribution in [2.75, 3.05) is 0 Å². The van der Waals surface area contributed by atoms with Gasteiger partial charge in [0.25, 0.3) is 5.56 Å². The minimum absolute atomic E-state index is 0.0217. The quantitative estimate of drug-likeness (QED) is 0.583. The van der Waals surface area contributed by atoms with Crippen LogP contribution < -0.4 is 5.56 Å². The molecule has 7 heteroatoms. The number of thiophene rings is 1. The number of halogens is 1. The predicted molar refractivity (Wildman–Crippen MR) is 115 cm³/mol. The van der Waals surface area contributed by atoms with E-state index in [0.717, 1.165) is 26.4 Å². The number of nitrogens with zero attached hydrogens (tertiary/aromatic N) is 2. The van der Waals surface area contributed by atoms with E-state index in [-0.39, 0.29) is 17.9 Å². The molecule has 0 saturated heterocycles. The molecule has 1 aromatic carbocycles. The molecule has 0 fully saturated rings. The van der Waals surface area contributed by atoms with Crippen molar-refractivity contribution < 1.29 is 9.90 Å². The van der Waals surface area contributed by atoms with Crippen LogP contribution in [0.1, 0.15) is 48.9 Å². The largest absolute Gasteiger partial charge is 0.481 e. The lowest BCUT2D eigenvalue weighted by atomic mass is 10.0. The number of carboxylic acid groups (broad SMARTS) is 1. The third-order valence-corrected chi connectivity index (χ3v) is 6.18. The van der Waals surface area contributed by atoms with Gasteiger partial charge in [-0.3, -0.25) is 14.2 Å². The van der Waals surface area contributed by atoms with Crippen molar-refractivity contribution in [3.63, 3.8) is 0 Å². The van der Waals surface area contributed by atoms with Crippen molar-refractivity contribution in [3.8, 4) is 11.1 Å². The van der Waals surface area contributed by atoms with Crippen LogP contribution in [0.4, 0.5) is 0 Å². The number of fused-ring (bicyclic) bond motifs is 1. The average Bonchev–Trinajstić information content (AvgIpc) is 2.95. The van der Waals surface area contributed by atoms with Crippen LogP contribution in [0.3, 0.4) is 0 Å². The van der Waals surface area contributed by atoms with Crippen LogP contribution in [0, 0.1) is 13.8 Å². The van der Waals surface area contributed by atoms with Crippen LogP contribution >= 0.6 is 22.9 Å². The lowest BCUT2D eigenvalue weighted by molar-refractivity contribution is -0.137. The van der Waals surface area contributed by atoms with Crippen LogP contribution in [0.2, 0.25) is 5.02 Å². The van der Waals surface area contributed by atoms with E-state index in [4.69, 9.17) is 21.7 Å². The molecule has 0 amide bonds. The highest BCUT2D eigenvalue weighted by molar-refractivity contribution is 7.19. The van der Waals surface area contributed by atoms with E-state index in [9.17, 15) is 9.59 Å². The van der Waals surface area contributed by atoms with Crippen molar-refractivity contribution >= 4 is 39.1 Å². The van der Waals surface area contributed by atoms with E-state index in [1.165, 1.54) is 11.3 Å². The molecular weight excluding hydrogens is 396 g/mol. The van der Waals surface area contributed by atoms with Crippen LogP contribution in [0.25, 0.3) is 21.3 Å². The highest BCUT2D eigenvalue weighted by Crippen LogP contribution is 2.37. The number of carbonyl (C=O) groups is 1. The first-order valence-corrected chi connectivity index (χ1v) is 10.4. The van der Waals surface area contributed by atoms with Gasteiger partial charge in [0.1, 0.15) is 10.7 Å². The Bertz CT molecular complexity index is 1120. The number of aryl methyl sites for hydroxylation is 2. The molecular formula is C21H23ClN2O3S. The molecule has 1 N–H and O–H groups in total. The van der Waals surface area contributed by atoms with Gasteiger partial charge in [-0.25, -0.2) is 4.98 Å². The molecule has 0 saturated carbocycles. The zero-order chi connectivity index (χ0) is 20.6. The minimum Gasteiger partial charge on any atom is -0.481 e. The van der Waals surface area contributed by atoms with E-state index >= 15 is 0 Å². The SMILES string of the molecule is Cc1cc(-c2c(C)sc3nc(C(C)C)n(CCCC(=O)O)c(=O)c23)ccc1Cl. The second-order valence-corrected chi connectivity index (χ2v) is 8.87. The normalized spacial score (nSPS) is 11.5. The third-order valence-electron chi connectivity index (χ3n) is 4.75. The summed E-state index contributed by atoms with van der Waals surface area (Å²) < 4.78 is 1.65. The van der Waals surface area contributed by atoms with Crippen LogP contribution in [-0.2, 0) is 11.3 Å². The Morgan fingerprint density at radius 1 is 1.32 bits per heavy atom. The number of carboxylic acids is 1. The number of rotatable bonds is 6. The maximum Gasteiger partial charge on any atom is 0.303 e. The van der Waals surface area contributed by atoms with Gasteiger partial charge >= 0.3 is 5.97 Å². The first kappa shape index (κ1) is 20.6. The summed E-state index contributed by atoms with van der Waals surface area (Å²) in [5, 5.41) is 10.2. The number of hydrogen-bond acceptors (Lipinski definition) is 4. The van der Waals surface area contributed by atoms with E-state index < -0.39 is 5.97 Å². The molecule has 0 bridgehead atoms. The number of aliphatic carboxylic acids is 1. The van der Waals surface area contributed by atoms with Gasteiger partial charge in [0.15, 0.2) is 0 Å². The van der Waals surface area contributed by atoms with Crippen molar-refractivity contribution in [2.24, 2.45) is 0 Å². The lowest BCUT2D eigenvalue weighted by Gasteiger charge is -2.15. The summed E-state index contributed by atoms with van der Waals surface area (Å²) in [6, 6.07) is 5.76. The minimum atomic E-state index is -0.864. The van der Waals surface area contributed by atoms with Gasteiger partial charge in [0.2, 0.25) is 0 Å². The summed E-state index contributed by atoms with van der Waals surface area (Å²) in [5.74, 6) is -0.106. The molecule has 0 aliphatic rings. The lowest BCUT2D eigenvalue weighted by Crippen LogP contribution is -2.26. The smallest absolute Gasteiger partial charge is 0.303 e. The number of aromatic nitrogens is 2. The molecule has 0 unspecified atom stereocenters. The van der Waals surface area contributed by atoms with Crippen molar-refractivity contribution in [1.82, 2.24) is 9.55 Å². The summed E-state index contributed by atoms with van der Waals surface area (Å²) in [6.45, 7) is 8.26. The molecule has 2 aromatic heterocycles. The molecule has 0 aliphatic carbocycles. The summed E-state index contributed by atoms with van der Waals surface area (Å²) >= 11 is 7.69. The maximum absolute atomic E-state index is 13.4. The van der Waals surface area contributed by atoms with Gasteiger partial charge in [-0.1, -0.05) is 31.5 Å². The summed E-state index contributed by atoms with van der Waals surface area (Å²) in [7, 11) is 0. The van der Waals surface area contributed by atoms with E-state index in [0.29, 0.717) is 29.2 Å². The fraction of sp³-hybridized carbons (Fsp3) is 0.381. The van der Waals surface area contributed by atoms with Gasteiger partial charge in [-0.05, 0) is 43.5 Å². The average molecular weight is 419 g/mol. The zero-order valence-corrected chi connectivity index (χ0v) is 17.9. The fourth-order valence-electron chi connectivity index (χ4n) is 3.40. The van der Waals surface area contributed by atoms with Gasteiger partial charge < -0.3 is 5.11 Å². The van der Waals surface area contributed by atoms with Crippen molar-refractivity contribution in [2.45, 2.75) is 53.0 Å². The predicted octanol–water partition coefficient (Wildman–Crippen LogP) is 5.38. The zero-order valence-electron chi connectivity index (χ0n) is 16.4. The molecule has 148 valence electrons. The van der Waals surface area contributed by atoms with E-state index in [2.05, 4.69) is 0 Å². The summed E-state index contributed by atoms with van der Waals surface area (Å²) in [5.41, 5.74) is 2.68. The van der Waals surface area contributed by atoms with Gasteiger partial charge in [0, 0.05) is 34.3 Å². The maximum atomic E-state index is 13.4. The highest BCUT2D eigenvalue weighted by atomic mass is 35.5. The Morgan fingerprint density at radius 2 is 2.04 bits per heavy atom. The summed E-state index contributed by atoms with van der Waals surface area (Å²) in [6.07, 6.45) is 0.411. The van der Waals surface area contributed by atoms with Crippen LogP contribution in [-0.4, -0.2) is 20.6 Å². The third kappa shape index (κ3) is 3.84. The Labute approximate surface area is 172 Å². The first-order valence-electron chi connectivity index (χ1n) is 9.22. The summed E-state index contributed by atoms with van der Waals surface area (Å²) in [4.78, 5) is 30.9. The molecule has 2 heterocycles. The molecule has 0 spiro atoms. The number of hydrogen-bond donors (Lipinski definition) is 1. The van der Waals surface area contributed by atoms with E-state index in [1.54, 1.807) is 4.57 Å². The van der Waals surface area contributed by atoms with Gasteiger partial charge in [-0.15, -0.1) is 11.3 Å². The second-order valence-electron chi connectivity index (χ2n) is 7.26. The highest BCUT2D eigenvalue weighted by Gasteiger charge is 2.21. The molecule has 3 rings (SSSR count). The first-order chi connectivity index (χ1) is 13.2. The Morgan fingerprint density at radius 3 is 2.64 bits per heavy atom. The Kier molecular flexibility index (Phi) is 5.91. The van der Waals surface area contributed by atoms with Crippen molar-refractivity contribution in [3.05, 3.63) is 49.8 Å². The van der Waals surface area contributed by atoms with Gasteiger partial charge in [-0.2, -0.15) is 0 Å². The van der Waals surface area contributed by atoms with Gasteiger partial charge in [0.05, 0.1) is 5.39 Å². The molecule has 0 atom stereocenters. The molecule has 0 aliphatic heterocycles. The molecule has 5 nitrogen and oxygen atoms in total. The molecule has 28 heavy (non-hydrogen) atoms. The standard InChI is InChI=1S/C21H23ClN2O3S/c1-11(2)19-23-20-18(21(27)24(19)9-5-6-16(25)26)17(13(4)28-20)14-7-8-15(22)12(3)10-14/h7-8,10-11H,5-6,9H2,1-4H3,(H,25,26). The Hall–Kier alpha value is -2.18. The van der Waals surface area contributed by atoms with E-state index in [1.807, 2.05) is 45.9 Å².